The molecule has 0 saturated carbocycles. The third-order valence-electron chi connectivity index (χ3n) is 4.13. The number of hydrogen-bond donors (Lipinski definition) is 1. The molecular weight excluding hydrogens is 326 g/mol. The number of carbonyl (C=O) groups is 1. The van der Waals surface area contributed by atoms with Crippen molar-refractivity contribution in [3.05, 3.63) is 64.7 Å². The monoisotopic (exact) mass is 345 g/mol. The van der Waals surface area contributed by atoms with Crippen molar-refractivity contribution < 1.29 is 14.6 Å². The smallest absolute Gasteiger partial charge is 0.253 e. The lowest BCUT2D eigenvalue weighted by Crippen LogP contribution is -2.40. The molecule has 0 aliphatic carbocycles. The fourth-order valence-corrected chi connectivity index (χ4v) is 2.98. The van der Waals surface area contributed by atoms with E-state index in [2.05, 4.69) is 0 Å². The highest BCUT2D eigenvalue weighted by Gasteiger charge is 2.22. The molecule has 2 aromatic carbocycles. The van der Waals surface area contributed by atoms with Crippen molar-refractivity contribution in [1.29, 1.82) is 0 Å². The topological polar surface area (TPSA) is 49.8 Å². The third-order valence-corrected chi connectivity index (χ3v) is 4.36. The van der Waals surface area contributed by atoms with Crippen molar-refractivity contribution in [3.63, 3.8) is 0 Å². The van der Waals surface area contributed by atoms with Gasteiger partial charge in [0.2, 0.25) is 0 Å². The van der Waals surface area contributed by atoms with Crippen molar-refractivity contribution in [2.45, 2.75) is 25.6 Å². The zero-order valence-corrected chi connectivity index (χ0v) is 14.1. The van der Waals surface area contributed by atoms with E-state index in [0.29, 0.717) is 48.9 Å². The van der Waals surface area contributed by atoms with Gasteiger partial charge in [0.05, 0.1) is 6.10 Å². The van der Waals surface area contributed by atoms with Gasteiger partial charge in [-0.3, -0.25) is 4.79 Å². The average molecular weight is 346 g/mol. The van der Waals surface area contributed by atoms with Gasteiger partial charge in [-0.05, 0) is 48.7 Å². The largest absolute Gasteiger partial charge is 0.489 e. The number of hydrogen-bond acceptors (Lipinski definition) is 3. The van der Waals surface area contributed by atoms with E-state index in [-0.39, 0.29) is 12.0 Å². The molecule has 0 radical (unpaired) electrons. The zero-order valence-electron chi connectivity index (χ0n) is 13.3. The average Bonchev–Trinajstić information content (AvgIpc) is 2.60. The summed E-state index contributed by atoms with van der Waals surface area (Å²) in [6.07, 6.45) is 0.981. The van der Waals surface area contributed by atoms with Crippen LogP contribution >= 0.6 is 11.6 Å². The second-order valence-electron chi connectivity index (χ2n) is 5.97. The van der Waals surface area contributed by atoms with E-state index in [1.807, 2.05) is 36.4 Å². The minimum absolute atomic E-state index is 0.0184. The van der Waals surface area contributed by atoms with Gasteiger partial charge in [0.1, 0.15) is 12.4 Å². The van der Waals surface area contributed by atoms with Crippen molar-refractivity contribution >= 4 is 17.5 Å². The van der Waals surface area contributed by atoms with Crippen LogP contribution in [0.1, 0.15) is 28.8 Å². The molecule has 1 saturated heterocycles. The summed E-state index contributed by atoms with van der Waals surface area (Å²) in [5.74, 6) is 0.632. The van der Waals surface area contributed by atoms with Gasteiger partial charge < -0.3 is 14.7 Å². The maximum Gasteiger partial charge on any atom is 0.253 e. The molecular formula is C19H20ClNO3. The van der Waals surface area contributed by atoms with Crippen molar-refractivity contribution in [2.75, 3.05) is 13.1 Å². The molecule has 1 amide bonds. The summed E-state index contributed by atoms with van der Waals surface area (Å²) in [5.41, 5.74) is 1.58. The van der Waals surface area contributed by atoms with E-state index in [4.69, 9.17) is 16.3 Å². The molecule has 24 heavy (non-hydrogen) atoms. The molecule has 1 fully saturated rings. The quantitative estimate of drug-likeness (QED) is 0.922. The number of nitrogens with zero attached hydrogens (tertiary/aromatic N) is 1. The van der Waals surface area contributed by atoms with E-state index in [0.717, 1.165) is 5.56 Å². The summed E-state index contributed by atoms with van der Waals surface area (Å²) in [6, 6.07) is 14.7. The van der Waals surface area contributed by atoms with Gasteiger partial charge in [0.15, 0.2) is 0 Å². The maximum absolute atomic E-state index is 12.5. The number of ether oxygens (including phenoxy) is 1. The van der Waals surface area contributed by atoms with E-state index in [1.165, 1.54) is 0 Å². The highest BCUT2D eigenvalue weighted by Crippen LogP contribution is 2.19. The lowest BCUT2D eigenvalue weighted by atomic mass is 10.1. The van der Waals surface area contributed by atoms with Crippen molar-refractivity contribution in [1.82, 2.24) is 4.90 Å². The molecule has 2 aromatic rings. The van der Waals surface area contributed by atoms with Crippen LogP contribution in [-0.4, -0.2) is 35.1 Å². The summed E-state index contributed by atoms with van der Waals surface area (Å²) in [6.45, 7) is 1.58. The normalized spacial score (nSPS) is 15.3. The van der Waals surface area contributed by atoms with Crippen LogP contribution in [0.15, 0.2) is 48.5 Å². The van der Waals surface area contributed by atoms with Crippen LogP contribution in [0.25, 0.3) is 0 Å². The highest BCUT2D eigenvalue weighted by molar-refractivity contribution is 6.30. The van der Waals surface area contributed by atoms with Crippen LogP contribution in [0.4, 0.5) is 0 Å². The molecule has 3 rings (SSSR count). The van der Waals surface area contributed by atoms with Gasteiger partial charge in [-0.15, -0.1) is 0 Å². The van der Waals surface area contributed by atoms with Gasteiger partial charge >= 0.3 is 0 Å². The maximum atomic E-state index is 12.5. The van der Waals surface area contributed by atoms with Gasteiger partial charge in [0.25, 0.3) is 5.91 Å². The van der Waals surface area contributed by atoms with Crippen molar-refractivity contribution in [2.24, 2.45) is 0 Å². The Bertz CT molecular complexity index is 711. The van der Waals surface area contributed by atoms with Crippen LogP contribution < -0.4 is 4.74 Å². The second kappa shape index (κ2) is 7.69. The molecule has 0 spiro atoms. The van der Waals surface area contributed by atoms with Crippen LogP contribution in [0.2, 0.25) is 5.02 Å². The van der Waals surface area contributed by atoms with Gasteiger partial charge in [-0.2, -0.15) is 0 Å². The number of aliphatic hydroxyl groups is 1. The molecule has 0 unspecified atom stereocenters. The molecule has 1 heterocycles. The fourth-order valence-electron chi connectivity index (χ4n) is 2.76. The molecule has 4 nitrogen and oxygen atoms in total. The van der Waals surface area contributed by atoms with E-state index in [9.17, 15) is 9.90 Å². The summed E-state index contributed by atoms with van der Waals surface area (Å²) < 4.78 is 5.77. The first-order valence-electron chi connectivity index (χ1n) is 8.06. The summed E-state index contributed by atoms with van der Waals surface area (Å²) in [7, 11) is 0. The zero-order chi connectivity index (χ0) is 16.9. The number of carbonyl (C=O) groups excluding carboxylic acids is 1. The van der Waals surface area contributed by atoms with Crippen molar-refractivity contribution in [3.8, 4) is 5.75 Å². The third kappa shape index (κ3) is 4.28. The summed E-state index contributed by atoms with van der Waals surface area (Å²) in [4.78, 5) is 14.3. The first-order chi connectivity index (χ1) is 11.6. The molecule has 1 N–H and O–H groups in total. The Balaban J connectivity index is 1.64. The van der Waals surface area contributed by atoms with Gasteiger partial charge in [-0.25, -0.2) is 0 Å². The minimum Gasteiger partial charge on any atom is -0.489 e. The Morgan fingerprint density at radius 2 is 1.92 bits per heavy atom. The number of likely N-dealkylation sites (tertiary alicyclic amines) is 1. The van der Waals surface area contributed by atoms with E-state index in [1.54, 1.807) is 17.0 Å². The molecule has 126 valence electrons. The Hall–Kier alpha value is -2.04. The Morgan fingerprint density at radius 3 is 2.67 bits per heavy atom. The summed E-state index contributed by atoms with van der Waals surface area (Å²) >= 11 is 5.97. The predicted molar refractivity (Wildman–Crippen MR) is 93.4 cm³/mol. The number of amides is 1. The number of halogens is 1. The predicted octanol–water partition coefficient (Wildman–Crippen LogP) is 3.52. The van der Waals surface area contributed by atoms with Crippen LogP contribution in [-0.2, 0) is 6.61 Å². The number of piperidine rings is 1. The number of rotatable bonds is 4. The Labute approximate surface area is 146 Å². The van der Waals surface area contributed by atoms with E-state index >= 15 is 0 Å². The second-order valence-corrected chi connectivity index (χ2v) is 6.41. The molecule has 1 aliphatic heterocycles. The van der Waals surface area contributed by atoms with Crippen LogP contribution in [0.3, 0.4) is 0 Å². The van der Waals surface area contributed by atoms with Gasteiger partial charge in [0, 0.05) is 23.7 Å². The Morgan fingerprint density at radius 1 is 1.17 bits per heavy atom. The summed E-state index contributed by atoms with van der Waals surface area (Å²) in [5, 5.41) is 10.2. The lowest BCUT2D eigenvalue weighted by Gasteiger charge is -2.29. The molecule has 0 bridgehead atoms. The molecule has 0 aromatic heterocycles. The van der Waals surface area contributed by atoms with E-state index < -0.39 is 0 Å². The number of aliphatic hydroxyl groups excluding tert-OH is 1. The standard InChI is InChI=1S/C19H20ClNO3/c20-16-5-1-3-14(11-16)13-24-18-6-2-4-15(12-18)19(23)21-9-7-17(22)8-10-21/h1-6,11-12,17,22H,7-10,13H2. The minimum atomic E-state index is -0.290. The van der Waals surface area contributed by atoms with Gasteiger partial charge in [-0.1, -0.05) is 29.8 Å². The SMILES string of the molecule is O=C(c1cccc(OCc2cccc(Cl)c2)c1)N1CCC(O)CC1. The number of benzene rings is 2. The van der Waals surface area contributed by atoms with Crippen LogP contribution in [0.5, 0.6) is 5.75 Å². The molecule has 1 aliphatic rings. The highest BCUT2D eigenvalue weighted by atomic mass is 35.5. The first-order valence-corrected chi connectivity index (χ1v) is 8.44. The first kappa shape index (κ1) is 16.8. The fraction of sp³-hybridized carbons (Fsp3) is 0.316. The van der Waals surface area contributed by atoms with Crippen LogP contribution in [0, 0.1) is 0 Å². The molecule has 5 heteroatoms. The lowest BCUT2D eigenvalue weighted by molar-refractivity contribution is 0.0546. The Kier molecular flexibility index (Phi) is 5.38. The molecule has 0 atom stereocenters.